The van der Waals surface area contributed by atoms with Crippen molar-refractivity contribution in [2.45, 2.75) is 31.5 Å². The highest BCUT2D eigenvalue weighted by Gasteiger charge is 2.42. The van der Waals surface area contributed by atoms with Crippen molar-refractivity contribution in [2.75, 3.05) is 13.1 Å². The highest BCUT2D eigenvalue weighted by molar-refractivity contribution is 7.09. The molecule has 3 aromatic rings. The second-order valence-corrected chi connectivity index (χ2v) is 8.54. The average Bonchev–Trinajstić information content (AvgIpc) is 3.42. The summed E-state index contributed by atoms with van der Waals surface area (Å²) in [5.41, 5.74) is 1.82. The molecule has 1 N–H and O–H groups in total. The lowest BCUT2D eigenvalue weighted by Gasteiger charge is -2.35. The van der Waals surface area contributed by atoms with Gasteiger partial charge in [-0.15, -0.1) is 16.4 Å². The van der Waals surface area contributed by atoms with Crippen LogP contribution in [0.5, 0.6) is 0 Å². The molecule has 2 aliphatic rings. The monoisotopic (exact) mass is 382 g/mol. The van der Waals surface area contributed by atoms with E-state index in [1.54, 1.807) is 23.7 Å². The second-order valence-electron chi connectivity index (χ2n) is 7.57. The molecule has 1 aliphatic heterocycles. The Morgan fingerprint density at radius 1 is 1.11 bits per heavy atom. The molecule has 0 radical (unpaired) electrons. The largest absolute Gasteiger partial charge is 0.391 e. The van der Waals surface area contributed by atoms with Gasteiger partial charge in [0.05, 0.1) is 24.9 Å². The maximum absolute atomic E-state index is 10.8. The quantitative estimate of drug-likeness (QED) is 0.745. The van der Waals surface area contributed by atoms with E-state index < -0.39 is 0 Å². The molecule has 0 bridgehead atoms. The molecule has 1 saturated heterocycles. The number of aliphatic hydroxyl groups is 1. The van der Waals surface area contributed by atoms with Crippen molar-refractivity contribution >= 4 is 11.3 Å². The van der Waals surface area contributed by atoms with Crippen molar-refractivity contribution in [3.63, 3.8) is 0 Å². The molecule has 27 heavy (non-hydrogen) atoms. The number of nitrogens with zero attached hydrogens (tertiary/aromatic N) is 6. The molecule has 0 unspecified atom stereocenters. The zero-order chi connectivity index (χ0) is 18.2. The third kappa shape index (κ3) is 3.40. The summed E-state index contributed by atoms with van der Waals surface area (Å²) in [5.74, 6) is 1.14. The van der Waals surface area contributed by atoms with Gasteiger partial charge in [0, 0.05) is 42.6 Å². The molecule has 7 nitrogen and oxygen atoms in total. The van der Waals surface area contributed by atoms with Crippen molar-refractivity contribution in [1.29, 1.82) is 0 Å². The van der Waals surface area contributed by atoms with Gasteiger partial charge in [0.2, 0.25) is 0 Å². The van der Waals surface area contributed by atoms with Crippen molar-refractivity contribution in [2.24, 2.45) is 11.8 Å². The standard InChI is InChI=1S/C19H22N6OS/c26-18-8-15-10-24(12-19-21-5-6-27-19)9-14(15)7-17(18)25-11-16(22-23-25)13-1-3-20-4-2-13/h1-6,11,14-15,17-18,26H,7-10,12H2/t14-,15+,17-,18-/m1/s1. The smallest absolute Gasteiger partial charge is 0.113 e. The SMILES string of the molecule is O[C@@H]1C[C@H]2CN(Cc3nccs3)C[C@H]2C[C@H]1n1cc(-c2ccncc2)nn1. The summed E-state index contributed by atoms with van der Waals surface area (Å²) in [6.07, 6.45) is 8.72. The second kappa shape index (κ2) is 7.10. The highest BCUT2D eigenvalue weighted by atomic mass is 32.1. The molecule has 4 heterocycles. The Labute approximate surface area is 161 Å². The fourth-order valence-electron chi connectivity index (χ4n) is 4.53. The van der Waals surface area contributed by atoms with E-state index in [2.05, 4.69) is 25.2 Å². The lowest BCUT2D eigenvalue weighted by atomic mass is 9.77. The van der Waals surface area contributed by atoms with Crippen LogP contribution < -0.4 is 0 Å². The topological polar surface area (TPSA) is 80.0 Å². The minimum atomic E-state index is -0.377. The first-order chi connectivity index (χ1) is 13.3. The zero-order valence-corrected chi connectivity index (χ0v) is 15.7. The van der Waals surface area contributed by atoms with Gasteiger partial charge in [-0.25, -0.2) is 9.67 Å². The molecule has 1 aliphatic carbocycles. The van der Waals surface area contributed by atoms with E-state index in [1.165, 1.54) is 5.01 Å². The zero-order valence-electron chi connectivity index (χ0n) is 14.9. The van der Waals surface area contributed by atoms with Gasteiger partial charge >= 0.3 is 0 Å². The average molecular weight is 382 g/mol. The van der Waals surface area contributed by atoms with Crippen LogP contribution in [0.4, 0.5) is 0 Å². The Morgan fingerprint density at radius 3 is 2.70 bits per heavy atom. The Kier molecular flexibility index (Phi) is 4.47. The van der Waals surface area contributed by atoms with Gasteiger partial charge in [-0.3, -0.25) is 9.88 Å². The van der Waals surface area contributed by atoms with Crippen LogP contribution in [0.2, 0.25) is 0 Å². The molecule has 0 spiro atoms. The molecular formula is C19H22N6OS. The van der Waals surface area contributed by atoms with Crippen LogP contribution >= 0.6 is 11.3 Å². The van der Waals surface area contributed by atoms with Crippen molar-refractivity contribution < 1.29 is 5.11 Å². The van der Waals surface area contributed by atoms with Gasteiger partial charge in [0.1, 0.15) is 10.7 Å². The van der Waals surface area contributed by atoms with Crippen LogP contribution in [0, 0.1) is 11.8 Å². The number of thiazole rings is 1. The lowest BCUT2D eigenvalue weighted by Crippen LogP contribution is -2.36. The molecule has 5 rings (SSSR count). The molecule has 3 aromatic heterocycles. The first kappa shape index (κ1) is 17.0. The Hall–Kier alpha value is -2.16. The maximum atomic E-state index is 10.8. The summed E-state index contributed by atoms with van der Waals surface area (Å²) in [6, 6.07) is 3.85. The van der Waals surface area contributed by atoms with Crippen LogP contribution in [0.3, 0.4) is 0 Å². The van der Waals surface area contributed by atoms with Crippen LogP contribution in [0.25, 0.3) is 11.3 Å². The van der Waals surface area contributed by atoms with Crippen molar-refractivity contribution in [3.05, 3.63) is 47.3 Å². The van der Waals surface area contributed by atoms with E-state index >= 15 is 0 Å². The third-order valence-electron chi connectivity index (χ3n) is 5.85. The van der Waals surface area contributed by atoms with E-state index in [4.69, 9.17) is 0 Å². The minimum Gasteiger partial charge on any atom is -0.391 e. The van der Waals surface area contributed by atoms with Crippen LogP contribution in [0.1, 0.15) is 23.9 Å². The van der Waals surface area contributed by atoms with E-state index in [-0.39, 0.29) is 12.1 Å². The number of aliphatic hydroxyl groups excluding tert-OH is 1. The van der Waals surface area contributed by atoms with Gasteiger partial charge in [0.15, 0.2) is 0 Å². The highest BCUT2D eigenvalue weighted by Crippen LogP contribution is 2.41. The number of hydrogen-bond acceptors (Lipinski definition) is 7. The first-order valence-corrected chi connectivity index (χ1v) is 10.3. The normalized spacial score (nSPS) is 28.3. The van der Waals surface area contributed by atoms with E-state index in [9.17, 15) is 5.11 Å². The number of fused-ring (bicyclic) bond motifs is 1. The molecule has 1 saturated carbocycles. The maximum Gasteiger partial charge on any atom is 0.113 e. The van der Waals surface area contributed by atoms with E-state index in [0.717, 1.165) is 43.7 Å². The number of pyridine rings is 1. The van der Waals surface area contributed by atoms with Crippen LogP contribution in [-0.2, 0) is 6.54 Å². The van der Waals surface area contributed by atoms with Gasteiger partial charge in [-0.2, -0.15) is 0 Å². The molecular weight excluding hydrogens is 360 g/mol. The number of likely N-dealkylation sites (tertiary alicyclic amines) is 1. The Morgan fingerprint density at radius 2 is 1.93 bits per heavy atom. The fraction of sp³-hybridized carbons (Fsp3) is 0.474. The summed E-state index contributed by atoms with van der Waals surface area (Å²) in [4.78, 5) is 10.9. The Bertz CT molecular complexity index is 883. The van der Waals surface area contributed by atoms with Crippen LogP contribution in [-0.4, -0.2) is 54.2 Å². The van der Waals surface area contributed by atoms with Gasteiger partial charge in [-0.1, -0.05) is 5.21 Å². The Balaban J connectivity index is 1.29. The van der Waals surface area contributed by atoms with Gasteiger partial charge < -0.3 is 5.11 Å². The number of aromatic nitrogens is 5. The summed E-state index contributed by atoms with van der Waals surface area (Å²) in [5, 5.41) is 22.6. The number of rotatable bonds is 4. The molecule has 8 heteroatoms. The summed E-state index contributed by atoms with van der Waals surface area (Å²) in [7, 11) is 0. The number of hydrogen-bond donors (Lipinski definition) is 1. The summed E-state index contributed by atoms with van der Waals surface area (Å²) < 4.78 is 1.86. The predicted octanol–water partition coefficient (Wildman–Crippen LogP) is 2.24. The molecule has 140 valence electrons. The molecule has 0 aromatic carbocycles. The predicted molar refractivity (Wildman–Crippen MR) is 102 cm³/mol. The molecule has 0 amide bonds. The van der Waals surface area contributed by atoms with Crippen molar-refractivity contribution in [3.8, 4) is 11.3 Å². The van der Waals surface area contributed by atoms with Gasteiger partial charge in [-0.05, 0) is 36.8 Å². The minimum absolute atomic E-state index is 0.00542. The molecule has 2 fully saturated rings. The summed E-state index contributed by atoms with van der Waals surface area (Å²) in [6.45, 7) is 3.04. The lowest BCUT2D eigenvalue weighted by molar-refractivity contribution is 0.0298. The van der Waals surface area contributed by atoms with Crippen molar-refractivity contribution in [1.82, 2.24) is 29.9 Å². The van der Waals surface area contributed by atoms with E-state index in [0.29, 0.717) is 11.8 Å². The summed E-state index contributed by atoms with van der Waals surface area (Å²) >= 11 is 1.71. The fourth-order valence-corrected chi connectivity index (χ4v) is 5.19. The molecule has 4 atom stereocenters. The third-order valence-corrected chi connectivity index (χ3v) is 6.62. The van der Waals surface area contributed by atoms with Crippen LogP contribution in [0.15, 0.2) is 42.3 Å². The first-order valence-electron chi connectivity index (χ1n) is 9.37. The van der Waals surface area contributed by atoms with Gasteiger partial charge in [0.25, 0.3) is 0 Å². The van der Waals surface area contributed by atoms with E-state index in [1.807, 2.05) is 34.6 Å².